The van der Waals surface area contributed by atoms with E-state index in [0.717, 1.165) is 12.0 Å². The molecule has 1 N–H and O–H groups in total. The predicted octanol–water partition coefficient (Wildman–Crippen LogP) is 4.32. The van der Waals surface area contributed by atoms with E-state index in [1.807, 2.05) is 12.1 Å². The minimum atomic E-state index is -0.0216. The molecule has 2 aromatic heterocycles. The number of nitrogens with one attached hydrogen (secondary N) is 1. The minimum Gasteiger partial charge on any atom is -0.309 e. The van der Waals surface area contributed by atoms with E-state index in [1.165, 1.54) is 0 Å². The van der Waals surface area contributed by atoms with Gasteiger partial charge in [-0.25, -0.2) is 4.68 Å². The number of hydrogen-bond donors (Lipinski definition) is 1. The lowest BCUT2D eigenvalue weighted by atomic mass is 10.1. The standard InChI is InChI=1S/C18H14Cl2N4O/c19-12-1-2-16(15(20)9-12)24-8-5-17(23-24)22-18(25)14-10-13(14)11-3-6-21-7-4-11/h1-9,13-14H,10H2,(H,22,23,25)/t13-,14+/m0/s1. The van der Waals surface area contributed by atoms with Gasteiger partial charge in [-0.05, 0) is 48.2 Å². The maximum Gasteiger partial charge on any atom is 0.229 e. The average Bonchev–Trinajstić information content (AvgIpc) is 3.29. The van der Waals surface area contributed by atoms with Crippen molar-refractivity contribution in [2.75, 3.05) is 5.32 Å². The number of benzene rings is 1. The molecular weight excluding hydrogens is 359 g/mol. The summed E-state index contributed by atoms with van der Waals surface area (Å²) in [4.78, 5) is 16.4. The predicted molar refractivity (Wildman–Crippen MR) is 97.3 cm³/mol. The fourth-order valence-corrected chi connectivity index (χ4v) is 3.37. The quantitative estimate of drug-likeness (QED) is 0.741. The zero-order valence-electron chi connectivity index (χ0n) is 13.1. The molecule has 0 bridgehead atoms. The highest BCUT2D eigenvalue weighted by atomic mass is 35.5. The summed E-state index contributed by atoms with van der Waals surface area (Å²) in [5.41, 5.74) is 1.85. The number of carbonyl (C=O) groups excluding carboxylic acids is 1. The lowest BCUT2D eigenvalue weighted by Crippen LogP contribution is -2.15. The maximum absolute atomic E-state index is 12.4. The Morgan fingerprint density at radius 1 is 1.16 bits per heavy atom. The number of pyridine rings is 1. The molecule has 1 aliphatic rings. The number of anilines is 1. The van der Waals surface area contributed by atoms with Crippen LogP contribution in [-0.4, -0.2) is 20.7 Å². The summed E-state index contributed by atoms with van der Waals surface area (Å²) in [7, 11) is 0. The molecule has 2 atom stereocenters. The molecule has 25 heavy (non-hydrogen) atoms. The van der Waals surface area contributed by atoms with Gasteiger partial charge in [0.15, 0.2) is 5.82 Å². The van der Waals surface area contributed by atoms with Crippen LogP contribution in [0.1, 0.15) is 17.9 Å². The van der Waals surface area contributed by atoms with Gasteiger partial charge in [-0.1, -0.05) is 23.2 Å². The van der Waals surface area contributed by atoms with Crippen molar-refractivity contribution in [3.8, 4) is 5.69 Å². The molecule has 0 unspecified atom stereocenters. The van der Waals surface area contributed by atoms with Crippen LogP contribution in [0.4, 0.5) is 5.82 Å². The van der Waals surface area contributed by atoms with Crippen molar-refractivity contribution >= 4 is 34.9 Å². The van der Waals surface area contributed by atoms with Crippen LogP contribution < -0.4 is 5.32 Å². The first-order chi connectivity index (χ1) is 12.1. The highest BCUT2D eigenvalue weighted by Crippen LogP contribution is 2.47. The van der Waals surface area contributed by atoms with Crippen molar-refractivity contribution in [3.05, 3.63) is 70.6 Å². The van der Waals surface area contributed by atoms with E-state index in [2.05, 4.69) is 15.4 Å². The second-order valence-electron chi connectivity index (χ2n) is 5.96. The largest absolute Gasteiger partial charge is 0.309 e. The van der Waals surface area contributed by atoms with Crippen LogP contribution in [0, 0.1) is 5.92 Å². The summed E-state index contributed by atoms with van der Waals surface area (Å²) in [6, 6.07) is 10.8. The Labute approximate surface area is 154 Å². The molecule has 7 heteroatoms. The van der Waals surface area contributed by atoms with E-state index in [-0.39, 0.29) is 17.7 Å². The molecule has 1 fully saturated rings. The molecular formula is C18H14Cl2N4O. The van der Waals surface area contributed by atoms with Gasteiger partial charge in [0.25, 0.3) is 0 Å². The summed E-state index contributed by atoms with van der Waals surface area (Å²) < 4.78 is 1.61. The van der Waals surface area contributed by atoms with Gasteiger partial charge in [0, 0.05) is 35.6 Å². The molecule has 4 rings (SSSR count). The summed E-state index contributed by atoms with van der Waals surface area (Å²) >= 11 is 12.1. The third kappa shape index (κ3) is 3.38. The van der Waals surface area contributed by atoms with Crippen LogP contribution in [0.3, 0.4) is 0 Å². The van der Waals surface area contributed by atoms with Gasteiger partial charge in [-0.2, -0.15) is 5.10 Å². The van der Waals surface area contributed by atoms with Crippen LogP contribution in [0.15, 0.2) is 55.0 Å². The molecule has 0 aliphatic heterocycles. The average molecular weight is 373 g/mol. The van der Waals surface area contributed by atoms with Crippen molar-refractivity contribution in [1.29, 1.82) is 0 Å². The third-order valence-corrected chi connectivity index (χ3v) is 4.80. The Balaban J connectivity index is 1.44. The Kier molecular flexibility index (Phi) is 4.19. The lowest BCUT2D eigenvalue weighted by Gasteiger charge is -2.05. The Bertz CT molecular complexity index is 926. The van der Waals surface area contributed by atoms with Crippen molar-refractivity contribution in [2.45, 2.75) is 12.3 Å². The molecule has 2 heterocycles. The fourth-order valence-electron chi connectivity index (χ4n) is 2.87. The van der Waals surface area contributed by atoms with Gasteiger partial charge in [0.2, 0.25) is 5.91 Å². The van der Waals surface area contributed by atoms with Crippen molar-refractivity contribution in [2.24, 2.45) is 5.92 Å². The molecule has 1 amide bonds. The van der Waals surface area contributed by atoms with Gasteiger partial charge >= 0.3 is 0 Å². The number of carbonyl (C=O) groups is 1. The summed E-state index contributed by atoms with van der Waals surface area (Å²) in [5.74, 6) is 0.716. The smallest absolute Gasteiger partial charge is 0.229 e. The van der Waals surface area contributed by atoms with Gasteiger partial charge in [0.05, 0.1) is 10.7 Å². The van der Waals surface area contributed by atoms with E-state index >= 15 is 0 Å². The molecule has 126 valence electrons. The Hall–Kier alpha value is -2.37. The first kappa shape index (κ1) is 16.1. The SMILES string of the molecule is O=C(Nc1ccn(-c2ccc(Cl)cc2Cl)n1)[C@@H]1C[C@H]1c1ccncc1. The molecule has 1 aromatic carbocycles. The van der Waals surface area contributed by atoms with Crippen LogP contribution in [-0.2, 0) is 4.79 Å². The van der Waals surface area contributed by atoms with Crippen molar-refractivity contribution in [3.63, 3.8) is 0 Å². The van der Waals surface area contributed by atoms with Gasteiger partial charge in [-0.3, -0.25) is 9.78 Å². The second-order valence-corrected chi connectivity index (χ2v) is 6.80. The molecule has 3 aromatic rings. The van der Waals surface area contributed by atoms with Gasteiger partial charge in [0.1, 0.15) is 0 Å². The van der Waals surface area contributed by atoms with Crippen molar-refractivity contribution < 1.29 is 4.79 Å². The zero-order valence-corrected chi connectivity index (χ0v) is 14.6. The fraction of sp³-hybridized carbons (Fsp3) is 0.167. The topological polar surface area (TPSA) is 59.8 Å². The van der Waals surface area contributed by atoms with E-state index < -0.39 is 0 Å². The van der Waals surface area contributed by atoms with Gasteiger partial charge in [-0.15, -0.1) is 0 Å². The number of rotatable bonds is 4. The number of amides is 1. The molecule has 5 nitrogen and oxygen atoms in total. The molecule has 0 spiro atoms. The first-order valence-corrected chi connectivity index (χ1v) is 8.59. The van der Waals surface area contributed by atoms with E-state index in [1.54, 1.807) is 47.5 Å². The highest BCUT2D eigenvalue weighted by molar-refractivity contribution is 6.35. The summed E-state index contributed by atoms with van der Waals surface area (Å²) in [6.07, 6.45) is 6.10. The van der Waals surface area contributed by atoms with Crippen LogP contribution in [0.2, 0.25) is 10.0 Å². The summed E-state index contributed by atoms with van der Waals surface area (Å²) in [5, 5.41) is 8.29. The zero-order chi connectivity index (χ0) is 17.4. The Morgan fingerprint density at radius 2 is 1.96 bits per heavy atom. The monoisotopic (exact) mass is 372 g/mol. The maximum atomic E-state index is 12.4. The molecule has 1 saturated carbocycles. The first-order valence-electron chi connectivity index (χ1n) is 7.84. The lowest BCUT2D eigenvalue weighted by molar-refractivity contribution is -0.117. The Morgan fingerprint density at radius 3 is 2.72 bits per heavy atom. The second kappa shape index (κ2) is 6.50. The van der Waals surface area contributed by atoms with Gasteiger partial charge < -0.3 is 5.32 Å². The number of hydrogen-bond acceptors (Lipinski definition) is 3. The number of halogens is 2. The van der Waals surface area contributed by atoms with Crippen LogP contribution in [0.25, 0.3) is 5.69 Å². The van der Waals surface area contributed by atoms with E-state index in [9.17, 15) is 4.79 Å². The number of nitrogens with zero attached hydrogens (tertiary/aromatic N) is 3. The molecule has 0 radical (unpaired) electrons. The summed E-state index contributed by atoms with van der Waals surface area (Å²) in [6.45, 7) is 0. The van der Waals surface area contributed by atoms with E-state index in [4.69, 9.17) is 23.2 Å². The third-order valence-electron chi connectivity index (χ3n) is 4.26. The van der Waals surface area contributed by atoms with Crippen LogP contribution >= 0.6 is 23.2 Å². The number of aromatic nitrogens is 3. The normalized spacial score (nSPS) is 18.8. The molecule has 1 aliphatic carbocycles. The van der Waals surface area contributed by atoms with Crippen molar-refractivity contribution in [1.82, 2.24) is 14.8 Å². The highest BCUT2D eigenvalue weighted by Gasteiger charge is 2.44. The van der Waals surface area contributed by atoms with Crippen LogP contribution in [0.5, 0.6) is 0 Å². The minimum absolute atomic E-state index is 0.0192. The van der Waals surface area contributed by atoms with E-state index in [0.29, 0.717) is 21.6 Å². The molecule has 0 saturated heterocycles.